The number of tetrazole rings is 1. The van der Waals surface area contributed by atoms with Crippen LogP contribution in [0.5, 0.6) is 0 Å². The zero-order valence-electron chi connectivity index (χ0n) is 13.3. The highest BCUT2D eigenvalue weighted by molar-refractivity contribution is 9.11. The molecule has 0 aliphatic rings. The van der Waals surface area contributed by atoms with E-state index in [1.54, 1.807) is 4.68 Å². The number of aromatic nitrogens is 4. The van der Waals surface area contributed by atoms with E-state index in [1.165, 1.54) is 23.9 Å². The van der Waals surface area contributed by atoms with Crippen LogP contribution in [-0.2, 0) is 11.3 Å². The fourth-order valence-electron chi connectivity index (χ4n) is 1.85. The van der Waals surface area contributed by atoms with Crippen molar-refractivity contribution in [2.45, 2.75) is 25.5 Å². The van der Waals surface area contributed by atoms with Gasteiger partial charge in [0.1, 0.15) is 0 Å². The molecule has 1 aromatic carbocycles. The number of carbonyl (C=O) groups is 1. The van der Waals surface area contributed by atoms with Crippen LogP contribution in [0.25, 0.3) is 0 Å². The molecule has 0 spiro atoms. The first-order valence-corrected chi connectivity index (χ1v) is 9.67. The van der Waals surface area contributed by atoms with Crippen molar-refractivity contribution in [1.82, 2.24) is 20.2 Å². The second kappa shape index (κ2) is 8.72. The molecule has 1 aromatic heterocycles. The number of non-ortho nitro benzene ring substituents is 1. The summed E-state index contributed by atoms with van der Waals surface area (Å²) in [6, 6.07) is 2.66. The van der Waals surface area contributed by atoms with Gasteiger partial charge in [-0.25, -0.2) is 4.68 Å². The molecular formula is C13H14Br2N6O3S. The van der Waals surface area contributed by atoms with Crippen molar-refractivity contribution in [3.05, 3.63) is 31.2 Å². The second-order valence-corrected chi connectivity index (χ2v) is 8.07. The first-order valence-electron chi connectivity index (χ1n) is 7.10. The Labute approximate surface area is 164 Å². The molecule has 0 unspecified atom stereocenters. The van der Waals surface area contributed by atoms with Gasteiger partial charge in [0.05, 0.1) is 16.4 Å². The SMILES string of the molecule is CC(C)Cn1nnnc1SCC(=O)Nc1c(Br)cc([N+](=O)[O-])cc1Br. The normalized spacial score (nSPS) is 10.9. The Bertz CT molecular complexity index is 775. The smallest absolute Gasteiger partial charge is 0.271 e. The average Bonchev–Trinajstić information content (AvgIpc) is 2.94. The third kappa shape index (κ3) is 5.47. The molecule has 25 heavy (non-hydrogen) atoms. The van der Waals surface area contributed by atoms with E-state index in [2.05, 4.69) is 52.7 Å². The standard InChI is InChI=1S/C13H14Br2N6O3S/c1-7(2)5-20-13(17-18-19-20)25-6-11(22)16-12-9(14)3-8(21(23)24)4-10(12)15/h3-4,7H,5-6H2,1-2H3,(H,16,22). The average molecular weight is 494 g/mol. The predicted molar refractivity (Wildman–Crippen MR) is 101 cm³/mol. The molecule has 0 aliphatic heterocycles. The highest BCUT2D eigenvalue weighted by Crippen LogP contribution is 2.35. The van der Waals surface area contributed by atoms with E-state index >= 15 is 0 Å². The van der Waals surface area contributed by atoms with Crippen LogP contribution in [0.1, 0.15) is 13.8 Å². The van der Waals surface area contributed by atoms with Gasteiger partial charge in [-0.15, -0.1) is 5.10 Å². The van der Waals surface area contributed by atoms with E-state index in [0.29, 0.717) is 32.3 Å². The molecule has 0 saturated carbocycles. The van der Waals surface area contributed by atoms with Gasteiger partial charge < -0.3 is 5.32 Å². The Morgan fingerprint density at radius 2 is 2.04 bits per heavy atom. The van der Waals surface area contributed by atoms with Crippen molar-refractivity contribution in [3.63, 3.8) is 0 Å². The largest absolute Gasteiger partial charge is 0.323 e. The van der Waals surface area contributed by atoms with Crippen molar-refractivity contribution in [2.75, 3.05) is 11.1 Å². The molecule has 9 nitrogen and oxygen atoms in total. The molecule has 0 bridgehead atoms. The zero-order valence-corrected chi connectivity index (χ0v) is 17.3. The summed E-state index contributed by atoms with van der Waals surface area (Å²) in [6.45, 7) is 4.76. The van der Waals surface area contributed by atoms with Crippen LogP contribution in [0.15, 0.2) is 26.2 Å². The van der Waals surface area contributed by atoms with Gasteiger partial charge in [0.15, 0.2) is 0 Å². The number of benzene rings is 1. The Hall–Kier alpha value is -1.53. The maximum absolute atomic E-state index is 12.2. The fraction of sp³-hybridized carbons (Fsp3) is 0.385. The molecule has 134 valence electrons. The van der Waals surface area contributed by atoms with Gasteiger partial charge in [-0.05, 0) is 48.2 Å². The second-order valence-electron chi connectivity index (χ2n) is 5.42. The zero-order chi connectivity index (χ0) is 18.6. The van der Waals surface area contributed by atoms with E-state index in [-0.39, 0.29) is 17.3 Å². The van der Waals surface area contributed by atoms with Crippen molar-refractivity contribution in [1.29, 1.82) is 0 Å². The number of carbonyl (C=O) groups excluding carboxylic acids is 1. The summed E-state index contributed by atoms with van der Waals surface area (Å²) >= 11 is 7.68. The van der Waals surface area contributed by atoms with Crippen LogP contribution in [0.3, 0.4) is 0 Å². The minimum atomic E-state index is -0.508. The third-order valence-corrected chi connectivity index (χ3v) is 5.08. The number of anilines is 1. The van der Waals surface area contributed by atoms with Gasteiger partial charge in [-0.2, -0.15) is 0 Å². The minimum absolute atomic E-state index is 0.0843. The lowest BCUT2D eigenvalue weighted by molar-refractivity contribution is -0.385. The third-order valence-electron chi connectivity index (χ3n) is 2.87. The van der Waals surface area contributed by atoms with Crippen LogP contribution in [0.2, 0.25) is 0 Å². The van der Waals surface area contributed by atoms with E-state index in [4.69, 9.17) is 0 Å². The molecule has 0 aliphatic carbocycles. The van der Waals surface area contributed by atoms with Crippen LogP contribution in [0.4, 0.5) is 11.4 Å². The summed E-state index contributed by atoms with van der Waals surface area (Å²) in [4.78, 5) is 22.5. The quantitative estimate of drug-likeness (QED) is 0.356. The Morgan fingerprint density at radius 1 is 1.40 bits per heavy atom. The number of nitro groups is 1. The molecule has 12 heteroatoms. The molecule has 0 fully saturated rings. The van der Waals surface area contributed by atoms with Crippen LogP contribution >= 0.6 is 43.6 Å². The number of hydrogen-bond donors (Lipinski definition) is 1. The van der Waals surface area contributed by atoms with Gasteiger partial charge in [0.2, 0.25) is 11.1 Å². The maximum Gasteiger partial charge on any atom is 0.271 e. The lowest BCUT2D eigenvalue weighted by Gasteiger charge is -2.10. The van der Waals surface area contributed by atoms with Gasteiger partial charge in [-0.1, -0.05) is 25.6 Å². The lowest BCUT2D eigenvalue weighted by atomic mass is 10.2. The number of rotatable bonds is 7. The lowest BCUT2D eigenvalue weighted by Crippen LogP contribution is -2.16. The number of amides is 1. The maximum atomic E-state index is 12.2. The summed E-state index contributed by atoms with van der Waals surface area (Å²) in [6.07, 6.45) is 0. The van der Waals surface area contributed by atoms with Gasteiger partial charge in [-0.3, -0.25) is 14.9 Å². The predicted octanol–water partition coefficient (Wildman–Crippen LogP) is 3.49. The summed E-state index contributed by atoms with van der Waals surface area (Å²) < 4.78 is 2.48. The topological polar surface area (TPSA) is 116 Å². The van der Waals surface area contributed by atoms with Crippen molar-refractivity contribution in [3.8, 4) is 0 Å². The van der Waals surface area contributed by atoms with Crippen LogP contribution in [-0.4, -0.2) is 36.8 Å². The highest BCUT2D eigenvalue weighted by atomic mass is 79.9. The Kier molecular flexibility index (Phi) is 6.90. The number of nitro benzene ring substituents is 1. The fourth-order valence-corrected chi connectivity index (χ4v) is 3.90. The van der Waals surface area contributed by atoms with Gasteiger partial charge in [0.25, 0.3) is 5.69 Å². The molecule has 2 aromatic rings. The number of thioether (sulfide) groups is 1. The summed E-state index contributed by atoms with van der Waals surface area (Å²) in [7, 11) is 0. The molecule has 2 rings (SSSR count). The van der Waals surface area contributed by atoms with Crippen molar-refractivity contribution in [2.24, 2.45) is 5.92 Å². The Morgan fingerprint density at radius 3 is 2.60 bits per heavy atom. The molecule has 0 radical (unpaired) electrons. The van der Waals surface area contributed by atoms with Gasteiger partial charge >= 0.3 is 0 Å². The van der Waals surface area contributed by atoms with E-state index in [1.807, 2.05) is 13.8 Å². The molecule has 0 atom stereocenters. The van der Waals surface area contributed by atoms with Crippen LogP contribution < -0.4 is 5.32 Å². The molecule has 1 heterocycles. The van der Waals surface area contributed by atoms with Crippen molar-refractivity contribution >= 4 is 60.9 Å². The minimum Gasteiger partial charge on any atom is -0.323 e. The van der Waals surface area contributed by atoms with E-state index in [9.17, 15) is 14.9 Å². The first-order chi connectivity index (χ1) is 11.8. The molecule has 0 saturated heterocycles. The highest BCUT2D eigenvalue weighted by Gasteiger charge is 2.17. The summed E-state index contributed by atoms with van der Waals surface area (Å²) in [5.41, 5.74) is 0.344. The van der Waals surface area contributed by atoms with E-state index in [0.717, 1.165) is 0 Å². The molecule has 1 N–H and O–H groups in total. The number of halogens is 2. The number of nitrogens with one attached hydrogen (secondary N) is 1. The van der Waals surface area contributed by atoms with Crippen LogP contribution in [0, 0.1) is 16.0 Å². The first kappa shape index (κ1) is 19.8. The monoisotopic (exact) mass is 492 g/mol. The van der Waals surface area contributed by atoms with Crippen molar-refractivity contribution < 1.29 is 9.72 Å². The summed E-state index contributed by atoms with van der Waals surface area (Å²) in [5, 5.41) is 25.5. The number of nitrogens with zero attached hydrogens (tertiary/aromatic N) is 5. The Balaban J connectivity index is 2.02. The molecular weight excluding hydrogens is 480 g/mol. The van der Waals surface area contributed by atoms with Gasteiger partial charge in [0, 0.05) is 27.6 Å². The molecule has 1 amide bonds. The number of hydrogen-bond acceptors (Lipinski definition) is 7. The summed E-state index contributed by atoms with van der Waals surface area (Å²) in [5.74, 6) is 0.206. The van der Waals surface area contributed by atoms with E-state index < -0.39 is 4.92 Å².